The molecule has 2 aromatic carbocycles. The van der Waals surface area contributed by atoms with Gasteiger partial charge in [0.2, 0.25) is 0 Å². The molecule has 0 aliphatic heterocycles. The van der Waals surface area contributed by atoms with E-state index in [9.17, 15) is 4.79 Å². The van der Waals surface area contributed by atoms with Gasteiger partial charge in [-0.1, -0.05) is 59.7 Å². The Labute approximate surface area is 132 Å². The molecule has 116 valence electrons. The van der Waals surface area contributed by atoms with E-state index in [-0.39, 0.29) is 12.5 Å². The summed E-state index contributed by atoms with van der Waals surface area (Å²) in [6, 6.07) is 16.5. The highest BCUT2D eigenvalue weighted by Crippen LogP contribution is 2.10. The van der Waals surface area contributed by atoms with Crippen molar-refractivity contribution >= 4 is 5.97 Å². The summed E-state index contributed by atoms with van der Waals surface area (Å²) in [4.78, 5) is 11.1. The number of nitrogens with one attached hydrogen (secondary N) is 1. The van der Waals surface area contributed by atoms with E-state index in [2.05, 4.69) is 60.8 Å². The first kappa shape index (κ1) is 16.2. The molecule has 0 fully saturated rings. The van der Waals surface area contributed by atoms with Crippen LogP contribution in [-0.2, 0) is 17.8 Å². The number of aryl methyl sites for hydroxylation is 2. The fourth-order valence-electron chi connectivity index (χ4n) is 2.40. The van der Waals surface area contributed by atoms with E-state index in [4.69, 9.17) is 5.11 Å². The molecule has 22 heavy (non-hydrogen) atoms. The number of hydrogen-bond acceptors (Lipinski definition) is 2. The first-order valence-corrected chi connectivity index (χ1v) is 7.59. The smallest absolute Gasteiger partial charge is 0.304 e. The summed E-state index contributed by atoms with van der Waals surface area (Å²) in [7, 11) is 0. The van der Waals surface area contributed by atoms with E-state index in [1.165, 1.54) is 16.7 Å². The van der Waals surface area contributed by atoms with Gasteiger partial charge in [0, 0.05) is 12.6 Å². The highest BCUT2D eigenvalue weighted by atomic mass is 16.4. The second-order valence-electron chi connectivity index (χ2n) is 5.85. The van der Waals surface area contributed by atoms with E-state index < -0.39 is 5.97 Å². The van der Waals surface area contributed by atoms with Crippen LogP contribution < -0.4 is 5.32 Å². The molecule has 0 amide bonds. The molecule has 2 aromatic rings. The summed E-state index contributed by atoms with van der Waals surface area (Å²) in [5, 5.41) is 12.5. The molecule has 1 atom stereocenters. The summed E-state index contributed by atoms with van der Waals surface area (Å²) in [6.45, 7) is 4.79. The molecule has 2 N–H and O–H groups in total. The molecular formula is C19H23NO2. The summed E-state index contributed by atoms with van der Waals surface area (Å²) in [5.74, 6) is -0.770. The van der Waals surface area contributed by atoms with Gasteiger partial charge in [-0.25, -0.2) is 0 Å². The molecular weight excluding hydrogens is 274 g/mol. The average Bonchev–Trinajstić information content (AvgIpc) is 2.48. The van der Waals surface area contributed by atoms with Crippen molar-refractivity contribution in [1.82, 2.24) is 5.32 Å². The monoisotopic (exact) mass is 297 g/mol. The van der Waals surface area contributed by atoms with Crippen LogP contribution in [-0.4, -0.2) is 17.1 Å². The van der Waals surface area contributed by atoms with Crippen molar-refractivity contribution < 1.29 is 9.90 Å². The predicted molar refractivity (Wildman–Crippen MR) is 88.9 cm³/mol. The fourth-order valence-corrected chi connectivity index (χ4v) is 2.40. The lowest BCUT2D eigenvalue weighted by Gasteiger charge is -2.17. The number of aliphatic carboxylic acids is 1. The third-order valence-corrected chi connectivity index (χ3v) is 3.74. The van der Waals surface area contributed by atoms with Gasteiger partial charge in [0.1, 0.15) is 0 Å². The molecule has 0 bridgehead atoms. The fraction of sp³-hybridized carbons (Fsp3) is 0.316. The molecule has 0 aliphatic rings. The van der Waals surface area contributed by atoms with E-state index in [0.717, 1.165) is 12.0 Å². The van der Waals surface area contributed by atoms with E-state index in [1.54, 1.807) is 0 Å². The van der Waals surface area contributed by atoms with Crippen LogP contribution >= 0.6 is 0 Å². The van der Waals surface area contributed by atoms with Crippen LogP contribution in [0.3, 0.4) is 0 Å². The molecule has 3 heteroatoms. The summed E-state index contributed by atoms with van der Waals surface area (Å²) in [5.41, 5.74) is 4.77. The van der Waals surface area contributed by atoms with Crippen LogP contribution in [0.15, 0.2) is 48.5 Å². The molecule has 0 aromatic heterocycles. The average molecular weight is 297 g/mol. The minimum atomic E-state index is -0.770. The Kier molecular flexibility index (Phi) is 5.73. The van der Waals surface area contributed by atoms with Crippen LogP contribution in [0.25, 0.3) is 0 Å². The summed E-state index contributed by atoms with van der Waals surface area (Å²) < 4.78 is 0. The zero-order chi connectivity index (χ0) is 15.9. The molecule has 0 aliphatic carbocycles. The molecule has 0 saturated carbocycles. The van der Waals surface area contributed by atoms with Crippen molar-refractivity contribution in [2.24, 2.45) is 0 Å². The third-order valence-electron chi connectivity index (χ3n) is 3.74. The minimum absolute atomic E-state index is 0.0680. The van der Waals surface area contributed by atoms with Crippen molar-refractivity contribution in [3.63, 3.8) is 0 Å². The first-order chi connectivity index (χ1) is 10.5. The van der Waals surface area contributed by atoms with E-state index in [1.807, 2.05) is 6.92 Å². The maximum Gasteiger partial charge on any atom is 0.304 e. The van der Waals surface area contributed by atoms with Gasteiger partial charge in [0.05, 0.1) is 6.42 Å². The van der Waals surface area contributed by atoms with Gasteiger partial charge in [0.15, 0.2) is 0 Å². The summed E-state index contributed by atoms with van der Waals surface area (Å²) in [6.07, 6.45) is 0.845. The Balaban J connectivity index is 1.97. The van der Waals surface area contributed by atoms with Gasteiger partial charge < -0.3 is 10.4 Å². The van der Waals surface area contributed by atoms with Crippen molar-refractivity contribution in [3.8, 4) is 0 Å². The van der Waals surface area contributed by atoms with E-state index >= 15 is 0 Å². The van der Waals surface area contributed by atoms with Crippen molar-refractivity contribution in [2.75, 3.05) is 0 Å². The van der Waals surface area contributed by atoms with Crippen LogP contribution in [0.5, 0.6) is 0 Å². The van der Waals surface area contributed by atoms with Crippen molar-refractivity contribution in [2.45, 2.75) is 39.3 Å². The van der Waals surface area contributed by atoms with Gasteiger partial charge in [-0.05, 0) is 31.4 Å². The first-order valence-electron chi connectivity index (χ1n) is 7.59. The Bertz CT molecular complexity index is 602. The number of carbonyl (C=O) groups is 1. The maximum absolute atomic E-state index is 11.1. The minimum Gasteiger partial charge on any atom is -0.481 e. The molecule has 2 rings (SSSR count). The maximum atomic E-state index is 11.1. The largest absolute Gasteiger partial charge is 0.481 e. The summed E-state index contributed by atoms with van der Waals surface area (Å²) >= 11 is 0. The SMILES string of the molecule is Cc1ccc(CNC(CC(=O)O)Cc2ccc(C)cc2)cc1. The van der Waals surface area contributed by atoms with Gasteiger partial charge in [-0.2, -0.15) is 0 Å². The highest BCUT2D eigenvalue weighted by Gasteiger charge is 2.13. The highest BCUT2D eigenvalue weighted by molar-refractivity contribution is 5.67. The zero-order valence-electron chi connectivity index (χ0n) is 13.2. The van der Waals surface area contributed by atoms with Crippen LogP contribution in [0.2, 0.25) is 0 Å². The number of carboxylic acid groups (broad SMARTS) is 1. The van der Waals surface area contributed by atoms with Gasteiger partial charge >= 0.3 is 5.97 Å². The topological polar surface area (TPSA) is 49.3 Å². The van der Waals surface area contributed by atoms with Crippen molar-refractivity contribution in [1.29, 1.82) is 0 Å². The van der Waals surface area contributed by atoms with Crippen LogP contribution in [0.4, 0.5) is 0 Å². The number of carboxylic acids is 1. The molecule has 0 heterocycles. The lowest BCUT2D eigenvalue weighted by molar-refractivity contribution is -0.137. The standard InChI is InChI=1S/C19H23NO2/c1-14-3-7-16(8-4-14)11-18(12-19(21)22)20-13-17-9-5-15(2)6-10-17/h3-10,18,20H,11-13H2,1-2H3,(H,21,22). The van der Waals surface area contributed by atoms with Gasteiger partial charge in [0.25, 0.3) is 0 Å². The quantitative estimate of drug-likeness (QED) is 0.822. The zero-order valence-corrected chi connectivity index (χ0v) is 13.2. The van der Waals surface area contributed by atoms with Gasteiger partial charge in [-0.15, -0.1) is 0 Å². The predicted octanol–water partition coefficient (Wildman–Crippen LogP) is 3.48. The normalized spacial score (nSPS) is 12.1. The van der Waals surface area contributed by atoms with Gasteiger partial charge in [-0.3, -0.25) is 4.79 Å². The molecule has 0 radical (unpaired) electrons. The number of benzene rings is 2. The number of rotatable bonds is 7. The third kappa shape index (κ3) is 5.34. The lowest BCUT2D eigenvalue weighted by Crippen LogP contribution is -2.33. The molecule has 0 saturated heterocycles. The second-order valence-corrected chi connectivity index (χ2v) is 5.85. The Morgan fingerprint density at radius 2 is 1.45 bits per heavy atom. The lowest BCUT2D eigenvalue weighted by atomic mass is 10.0. The van der Waals surface area contributed by atoms with E-state index in [0.29, 0.717) is 6.54 Å². The Hall–Kier alpha value is -2.13. The van der Waals surface area contributed by atoms with Crippen LogP contribution in [0, 0.1) is 13.8 Å². The molecule has 1 unspecified atom stereocenters. The van der Waals surface area contributed by atoms with Crippen molar-refractivity contribution in [3.05, 3.63) is 70.8 Å². The second kappa shape index (κ2) is 7.76. The molecule has 3 nitrogen and oxygen atoms in total. The number of hydrogen-bond donors (Lipinski definition) is 2. The molecule has 0 spiro atoms. The Morgan fingerprint density at radius 3 is 1.95 bits per heavy atom. The Morgan fingerprint density at radius 1 is 0.955 bits per heavy atom. The van der Waals surface area contributed by atoms with Crippen LogP contribution in [0.1, 0.15) is 28.7 Å².